The highest BCUT2D eigenvalue weighted by atomic mass is 16.5. The molecule has 0 bridgehead atoms. The predicted octanol–water partition coefficient (Wildman–Crippen LogP) is 3.34. The van der Waals surface area contributed by atoms with Gasteiger partial charge in [-0.1, -0.05) is 12.0 Å². The van der Waals surface area contributed by atoms with Crippen molar-refractivity contribution in [1.82, 2.24) is 0 Å². The molecule has 2 rings (SSSR count). The second kappa shape index (κ2) is 7.71. The molecule has 0 unspecified atom stereocenters. The van der Waals surface area contributed by atoms with Crippen LogP contribution >= 0.6 is 0 Å². The molecule has 0 atom stereocenters. The number of terminal acetylenes is 1. The molecule has 1 amide bonds. The number of ether oxygens (including phenoxy) is 2. The van der Waals surface area contributed by atoms with Crippen LogP contribution < -0.4 is 14.8 Å². The standard InChI is InChI=1S/C19H17NO3/c1-4-14-6-5-7-16(10-14)20-19(21)9-8-15-11-17(22-2)13-18(12-15)23-3/h1,5-13H,2-3H3,(H,20,21)/b9-8+. The van der Waals surface area contributed by atoms with E-state index in [1.807, 2.05) is 12.1 Å². The van der Waals surface area contributed by atoms with Crippen LogP contribution in [0.15, 0.2) is 48.5 Å². The summed E-state index contributed by atoms with van der Waals surface area (Å²) >= 11 is 0. The van der Waals surface area contributed by atoms with Gasteiger partial charge in [-0.25, -0.2) is 0 Å². The molecule has 116 valence electrons. The lowest BCUT2D eigenvalue weighted by molar-refractivity contribution is -0.111. The average Bonchev–Trinajstić information content (AvgIpc) is 2.59. The molecule has 0 aliphatic carbocycles. The number of carbonyl (C=O) groups is 1. The summed E-state index contributed by atoms with van der Waals surface area (Å²) in [5.41, 5.74) is 2.16. The Morgan fingerprint density at radius 3 is 2.43 bits per heavy atom. The molecule has 2 aromatic rings. The lowest BCUT2D eigenvalue weighted by atomic mass is 10.2. The Morgan fingerprint density at radius 2 is 1.83 bits per heavy atom. The fourth-order valence-electron chi connectivity index (χ4n) is 1.97. The Labute approximate surface area is 135 Å². The van der Waals surface area contributed by atoms with Crippen LogP contribution in [0.1, 0.15) is 11.1 Å². The summed E-state index contributed by atoms with van der Waals surface area (Å²) in [4.78, 5) is 12.0. The molecule has 0 spiro atoms. The van der Waals surface area contributed by atoms with Gasteiger partial charge in [0.15, 0.2) is 0 Å². The molecule has 2 aromatic carbocycles. The van der Waals surface area contributed by atoms with E-state index >= 15 is 0 Å². The monoisotopic (exact) mass is 307 g/mol. The van der Waals surface area contributed by atoms with E-state index in [-0.39, 0.29) is 5.91 Å². The van der Waals surface area contributed by atoms with Crippen LogP contribution in [0.25, 0.3) is 6.08 Å². The smallest absolute Gasteiger partial charge is 0.248 e. The SMILES string of the molecule is C#Cc1cccc(NC(=O)/C=C/c2cc(OC)cc(OC)c2)c1. The maximum absolute atomic E-state index is 12.0. The Bertz CT molecular complexity index is 750. The Hall–Kier alpha value is -3.19. The third-order valence-electron chi connectivity index (χ3n) is 3.10. The van der Waals surface area contributed by atoms with Crippen molar-refractivity contribution in [2.45, 2.75) is 0 Å². The van der Waals surface area contributed by atoms with E-state index in [4.69, 9.17) is 15.9 Å². The van der Waals surface area contributed by atoms with E-state index in [1.54, 1.807) is 50.6 Å². The second-order valence-electron chi connectivity index (χ2n) is 4.69. The minimum atomic E-state index is -0.249. The van der Waals surface area contributed by atoms with Crippen LogP contribution in [-0.2, 0) is 4.79 Å². The van der Waals surface area contributed by atoms with E-state index in [9.17, 15) is 4.79 Å². The topological polar surface area (TPSA) is 47.6 Å². The summed E-state index contributed by atoms with van der Waals surface area (Å²) in [7, 11) is 3.15. The lowest BCUT2D eigenvalue weighted by Gasteiger charge is -2.06. The third-order valence-corrected chi connectivity index (χ3v) is 3.10. The number of rotatable bonds is 5. The molecule has 1 N–H and O–H groups in total. The van der Waals surface area contributed by atoms with E-state index in [1.165, 1.54) is 6.08 Å². The van der Waals surface area contributed by atoms with E-state index < -0.39 is 0 Å². The summed E-state index contributed by atoms with van der Waals surface area (Å²) in [5.74, 6) is 3.59. The average molecular weight is 307 g/mol. The summed E-state index contributed by atoms with van der Waals surface area (Å²) in [6.45, 7) is 0. The first-order valence-electron chi connectivity index (χ1n) is 6.93. The van der Waals surface area contributed by atoms with E-state index in [0.717, 1.165) is 5.56 Å². The maximum Gasteiger partial charge on any atom is 0.248 e. The van der Waals surface area contributed by atoms with Crippen molar-refractivity contribution >= 4 is 17.7 Å². The highest BCUT2D eigenvalue weighted by Gasteiger charge is 2.01. The number of methoxy groups -OCH3 is 2. The van der Waals surface area contributed by atoms with Crippen molar-refractivity contribution in [3.05, 3.63) is 59.7 Å². The Morgan fingerprint density at radius 1 is 1.13 bits per heavy atom. The molecule has 0 aliphatic heterocycles. The molecular weight excluding hydrogens is 290 g/mol. The maximum atomic E-state index is 12.0. The molecule has 23 heavy (non-hydrogen) atoms. The molecule has 0 saturated heterocycles. The Kier molecular flexibility index (Phi) is 5.43. The van der Waals surface area contributed by atoms with E-state index in [0.29, 0.717) is 22.7 Å². The molecule has 0 aromatic heterocycles. The number of anilines is 1. The molecule has 0 fully saturated rings. The van der Waals surface area contributed by atoms with Crippen LogP contribution in [0, 0.1) is 12.3 Å². The quantitative estimate of drug-likeness (QED) is 0.681. The Balaban J connectivity index is 2.10. The van der Waals surface area contributed by atoms with Crippen molar-refractivity contribution in [3.8, 4) is 23.8 Å². The van der Waals surface area contributed by atoms with Crippen molar-refractivity contribution in [3.63, 3.8) is 0 Å². The predicted molar refractivity (Wildman–Crippen MR) is 91.6 cm³/mol. The van der Waals surface area contributed by atoms with Gasteiger partial charge in [-0.15, -0.1) is 6.42 Å². The van der Waals surface area contributed by atoms with Gasteiger partial charge in [0.2, 0.25) is 5.91 Å². The minimum absolute atomic E-state index is 0.249. The van der Waals surface area contributed by atoms with Gasteiger partial charge in [-0.3, -0.25) is 4.79 Å². The van der Waals surface area contributed by atoms with Gasteiger partial charge in [0, 0.05) is 23.4 Å². The zero-order valence-electron chi connectivity index (χ0n) is 13.0. The number of carbonyl (C=O) groups excluding carboxylic acids is 1. The number of benzene rings is 2. The van der Waals surface area contributed by atoms with Gasteiger partial charge in [0.1, 0.15) is 11.5 Å². The van der Waals surface area contributed by atoms with Crippen molar-refractivity contribution < 1.29 is 14.3 Å². The summed E-state index contributed by atoms with van der Waals surface area (Å²) in [6, 6.07) is 12.5. The van der Waals surface area contributed by atoms with Gasteiger partial charge in [-0.2, -0.15) is 0 Å². The summed E-state index contributed by atoms with van der Waals surface area (Å²) in [5, 5.41) is 2.76. The number of hydrogen-bond donors (Lipinski definition) is 1. The van der Waals surface area contributed by atoms with Gasteiger partial charge in [0.05, 0.1) is 14.2 Å². The molecule has 0 aliphatic rings. The molecule has 4 nitrogen and oxygen atoms in total. The molecule has 4 heteroatoms. The molecule has 0 heterocycles. The van der Waals surface area contributed by atoms with Gasteiger partial charge in [0.25, 0.3) is 0 Å². The molecule has 0 radical (unpaired) electrons. The van der Waals surface area contributed by atoms with E-state index in [2.05, 4.69) is 11.2 Å². The van der Waals surface area contributed by atoms with Crippen molar-refractivity contribution in [2.24, 2.45) is 0 Å². The highest BCUT2D eigenvalue weighted by molar-refractivity contribution is 6.02. The highest BCUT2D eigenvalue weighted by Crippen LogP contribution is 2.23. The van der Waals surface area contributed by atoms with Crippen LogP contribution in [-0.4, -0.2) is 20.1 Å². The first-order valence-corrected chi connectivity index (χ1v) is 6.93. The molecular formula is C19H17NO3. The fraction of sp³-hybridized carbons (Fsp3) is 0.105. The second-order valence-corrected chi connectivity index (χ2v) is 4.69. The summed E-state index contributed by atoms with van der Waals surface area (Å²) < 4.78 is 10.4. The summed E-state index contributed by atoms with van der Waals surface area (Å²) in [6.07, 6.45) is 8.47. The normalized spacial score (nSPS) is 10.1. The first kappa shape index (κ1) is 16.2. The zero-order valence-corrected chi connectivity index (χ0v) is 13.0. The first-order chi connectivity index (χ1) is 11.1. The molecule has 0 saturated carbocycles. The van der Waals surface area contributed by atoms with Gasteiger partial charge in [-0.05, 0) is 42.0 Å². The zero-order chi connectivity index (χ0) is 16.7. The van der Waals surface area contributed by atoms with Crippen LogP contribution in [0.2, 0.25) is 0 Å². The largest absolute Gasteiger partial charge is 0.497 e. The third kappa shape index (κ3) is 4.65. The lowest BCUT2D eigenvalue weighted by Crippen LogP contribution is -2.07. The van der Waals surface area contributed by atoms with Gasteiger partial charge < -0.3 is 14.8 Å². The van der Waals surface area contributed by atoms with Crippen molar-refractivity contribution in [1.29, 1.82) is 0 Å². The fourth-order valence-corrected chi connectivity index (χ4v) is 1.97. The van der Waals surface area contributed by atoms with Crippen LogP contribution in [0.5, 0.6) is 11.5 Å². The van der Waals surface area contributed by atoms with Crippen LogP contribution in [0.3, 0.4) is 0 Å². The van der Waals surface area contributed by atoms with Crippen LogP contribution in [0.4, 0.5) is 5.69 Å². The van der Waals surface area contributed by atoms with Gasteiger partial charge >= 0.3 is 0 Å². The number of amides is 1. The minimum Gasteiger partial charge on any atom is -0.497 e. The van der Waals surface area contributed by atoms with Crippen molar-refractivity contribution in [2.75, 3.05) is 19.5 Å². The number of nitrogens with one attached hydrogen (secondary N) is 1. The number of hydrogen-bond acceptors (Lipinski definition) is 3.